The summed E-state index contributed by atoms with van der Waals surface area (Å²) in [4.78, 5) is 14.6. The van der Waals surface area contributed by atoms with Crippen LogP contribution < -0.4 is 0 Å². The first-order chi connectivity index (χ1) is 10.5. The fraction of sp³-hybridized carbons (Fsp3) is 0.941. The topological polar surface area (TPSA) is 48.0 Å². The smallest absolute Gasteiger partial charge is 0.228 e. The molecule has 2 rings (SSSR count). The molecular weight excluding hydrogens is 282 g/mol. The lowest BCUT2D eigenvalue weighted by molar-refractivity contribution is -0.144. The van der Waals surface area contributed by atoms with E-state index in [2.05, 4.69) is 0 Å². The molecule has 1 atom stereocenters. The largest absolute Gasteiger partial charge is 0.385 e. The van der Waals surface area contributed by atoms with Gasteiger partial charge < -0.3 is 19.1 Å². The van der Waals surface area contributed by atoms with E-state index in [1.165, 1.54) is 0 Å². The van der Waals surface area contributed by atoms with Crippen molar-refractivity contribution >= 4 is 5.91 Å². The van der Waals surface area contributed by atoms with Crippen molar-refractivity contribution in [2.24, 2.45) is 5.41 Å². The first kappa shape index (κ1) is 17.7. The summed E-state index contributed by atoms with van der Waals surface area (Å²) in [5.74, 6) is 0.238. The van der Waals surface area contributed by atoms with Crippen LogP contribution in [0.15, 0.2) is 0 Å². The van der Waals surface area contributed by atoms with Gasteiger partial charge in [0.25, 0.3) is 0 Å². The van der Waals surface area contributed by atoms with E-state index in [0.29, 0.717) is 13.2 Å². The fourth-order valence-electron chi connectivity index (χ4n) is 3.14. The van der Waals surface area contributed by atoms with E-state index in [4.69, 9.17) is 14.2 Å². The molecule has 0 saturated carbocycles. The van der Waals surface area contributed by atoms with Crippen LogP contribution in [0.25, 0.3) is 0 Å². The molecule has 2 fully saturated rings. The van der Waals surface area contributed by atoms with Gasteiger partial charge in [0, 0.05) is 38.8 Å². The Labute approximate surface area is 134 Å². The molecular formula is C17H31NO4. The third-order valence-corrected chi connectivity index (χ3v) is 4.78. The zero-order valence-electron chi connectivity index (χ0n) is 14.3. The molecule has 0 N–H and O–H groups in total. The van der Waals surface area contributed by atoms with Gasteiger partial charge in [-0.05, 0) is 32.1 Å². The Balaban J connectivity index is 1.70. The molecule has 2 aliphatic heterocycles. The standard InChI is InChI=1S/C17H31NO4/c1-17(2,8-12-20-3)16(19)18-9-6-14(7-10-18)22-13-15-5-4-11-21-15/h14-15H,4-13H2,1-3H3. The van der Waals surface area contributed by atoms with Crippen molar-refractivity contribution in [2.45, 2.75) is 58.2 Å². The van der Waals surface area contributed by atoms with Gasteiger partial charge in [0.2, 0.25) is 5.91 Å². The van der Waals surface area contributed by atoms with Crippen molar-refractivity contribution in [1.82, 2.24) is 4.90 Å². The summed E-state index contributed by atoms with van der Waals surface area (Å²) in [5.41, 5.74) is -0.346. The summed E-state index contributed by atoms with van der Waals surface area (Å²) >= 11 is 0. The van der Waals surface area contributed by atoms with Crippen molar-refractivity contribution < 1.29 is 19.0 Å². The SMILES string of the molecule is COCCC(C)(C)C(=O)N1CCC(OCC2CCCO2)CC1. The normalized spacial score (nSPS) is 24.0. The lowest BCUT2D eigenvalue weighted by Gasteiger charge is -2.37. The first-order valence-electron chi connectivity index (χ1n) is 8.54. The van der Waals surface area contributed by atoms with Gasteiger partial charge in [-0.1, -0.05) is 13.8 Å². The van der Waals surface area contributed by atoms with Crippen molar-refractivity contribution in [2.75, 3.05) is 40.0 Å². The average molecular weight is 313 g/mol. The van der Waals surface area contributed by atoms with Crippen LogP contribution in [0.3, 0.4) is 0 Å². The molecule has 0 spiro atoms. The van der Waals surface area contributed by atoms with Gasteiger partial charge in [0.15, 0.2) is 0 Å². The fourth-order valence-corrected chi connectivity index (χ4v) is 3.14. The van der Waals surface area contributed by atoms with Gasteiger partial charge in [0.1, 0.15) is 0 Å². The third kappa shape index (κ3) is 4.93. The molecule has 128 valence electrons. The molecule has 0 aromatic heterocycles. The van der Waals surface area contributed by atoms with Crippen LogP contribution in [0.2, 0.25) is 0 Å². The Morgan fingerprint density at radius 1 is 1.27 bits per heavy atom. The monoisotopic (exact) mass is 313 g/mol. The highest BCUT2D eigenvalue weighted by Crippen LogP contribution is 2.26. The lowest BCUT2D eigenvalue weighted by Crippen LogP contribution is -2.47. The van der Waals surface area contributed by atoms with Crippen LogP contribution in [0, 0.1) is 5.41 Å². The maximum atomic E-state index is 12.6. The molecule has 2 saturated heterocycles. The summed E-state index contributed by atoms with van der Waals surface area (Å²) in [6.45, 7) is 7.81. The number of nitrogens with zero attached hydrogens (tertiary/aromatic N) is 1. The van der Waals surface area contributed by atoms with E-state index in [-0.39, 0.29) is 23.5 Å². The van der Waals surface area contributed by atoms with Crippen molar-refractivity contribution in [3.05, 3.63) is 0 Å². The molecule has 22 heavy (non-hydrogen) atoms. The minimum atomic E-state index is -0.346. The molecule has 5 nitrogen and oxygen atoms in total. The number of rotatable bonds is 7. The Morgan fingerprint density at radius 2 is 2.00 bits per heavy atom. The molecule has 0 aliphatic carbocycles. The van der Waals surface area contributed by atoms with Crippen LogP contribution in [-0.2, 0) is 19.0 Å². The van der Waals surface area contributed by atoms with Crippen LogP contribution >= 0.6 is 0 Å². The Morgan fingerprint density at radius 3 is 2.59 bits per heavy atom. The summed E-state index contributed by atoms with van der Waals surface area (Å²) in [7, 11) is 1.68. The third-order valence-electron chi connectivity index (χ3n) is 4.78. The van der Waals surface area contributed by atoms with E-state index in [0.717, 1.165) is 51.8 Å². The number of ether oxygens (including phenoxy) is 3. The number of carbonyl (C=O) groups excluding carboxylic acids is 1. The second-order valence-electron chi connectivity index (χ2n) is 7.09. The zero-order chi connectivity index (χ0) is 16.0. The number of hydrogen-bond acceptors (Lipinski definition) is 4. The highest BCUT2D eigenvalue weighted by atomic mass is 16.5. The lowest BCUT2D eigenvalue weighted by atomic mass is 9.87. The molecule has 1 unspecified atom stereocenters. The quantitative estimate of drug-likeness (QED) is 0.723. The molecule has 0 aromatic carbocycles. The molecule has 1 amide bonds. The summed E-state index contributed by atoms with van der Waals surface area (Å²) in [6, 6.07) is 0. The molecule has 2 aliphatic rings. The van der Waals surface area contributed by atoms with E-state index in [1.807, 2.05) is 18.7 Å². The van der Waals surface area contributed by atoms with Gasteiger partial charge in [-0.2, -0.15) is 0 Å². The summed E-state index contributed by atoms with van der Waals surface area (Å²) < 4.78 is 16.7. The number of amides is 1. The van der Waals surface area contributed by atoms with Gasteiger partial charge in [0.05, 0.1) is 18.8 Å². The Kier molecular flexibility index (Phi) is 6.66. The van der Waals surface area contributed by atoms with Crippen molar-refractivity contribution in [3.8, 4) is 0 Å². The van der Waals surface area contributed by atoms with Crippen LogP contribution in [-0.4, -0.2) is 63.0 Å². The van der Waals surface area contributed by atoms with E-state index in [1.54, 1.807) is 7.11 Å². The molecule has 0 radical (unpaired) electrons. The van der Waals surface area contributed by atoms with Crippen LogP contribution in [0.5, 0.6) is 0 Å². The van der Waals surface area contributed by atoms with E-state index >= 15 is 0 Å². The predicted molar refractivity (Wildman–Crippen MR) is 84.8 cm³/mol. The summed E-state index contributed by atoms with van der Waals surface area (Å²) in [6.07, 6.45) is 5.45. The highest BCUT2D eigenvalue weighted by molar-refractivity contribution is 5.82. The van der Waals surface area contributed by atoms with Crippen molar-refractivity contribution in [3.63, 3.8) is 0 Å². The molecule has 0 bridgehead atoms. The second kappa shape index (κ2) is 8.27. The van der Waals surface area contributed by atoms with Crippen molar-refractivity contribution in [1.29, 1.82) is 0 Å². The number of hydrogen-bond donors (Lipinski definition) is 0. The Hall–Kier alpha value is -0.650. The van der Waals surface area contributed by atoms with Crippen LogP contribution in [0.4, 0.5) is 0 Å². The van der Waals surface area contributed by atoms with Crippen LogP contribution in [0.1, 0.15) is 46.0 Å². The number of likely N-dealkylation sites (tertiary alicyclic amines) is 1. The van der Waals surface area contributed by atoms with Gasteiger partial charge >= 0.3 is 0 Å². The number of piperidine rings is 1. The van der Waals surface area contributed by atoms with Gasteiger partial charge in [-0.3, -0.25) is 4.79 Å². The molecule has 0 aromatic rings. The zero-order valence-corrected chi connectivity index (χ0v) is 14.3. The van der Waals surface area contributed by atoms with Gasteiger partial charge in [-0.15, -0.1) is 0 Å². The number of methoxy groups -OCH3 is 1. The maximum Gasteiger partial charge on any atom is 0.228 e. The summed E-state index contributed by atoms with van der Waals surface area (Å²) in [5, 5.41) is 0. The van der Waals surface area contributed by atoms with Gasteiger partial charge in [-0.25, -0.2) is 0 Å². The maximum absolute atomic E-state index is 12.6. The minimum Gasteiger partial charge on any atom is -0.385 e. The highest BCUT2D eigenvalue weighted by Gasteiger charge is 2.34. The first-order valence-corrected chi connectivity index (χ1v) is 8.54. The Bertz CT molecular complexity index is 345. The minimum absolute atomic E-state index is 0.238. The van der Waals surface area contributed by atoms with E-state index in [9.17, 15) is 4.79 Å². The molecule has 2 heterocycles. The predicted octanol–water partition coefficient (Wildman–Crippen LogP) is 2.24. The number of carbonyl (C=O) groups is 1. The molecule has 5 heteroatoms. The average Bonchev–Trinajstić information content (AvgIpc) is 3.04. The van der Waals surface area contributed by atoms with E-state index < -0.39 is 0 Å². The second-order valence-corrected chi connectivity index (χ2v) is 7.09.